The second-order valence-electron chi connectivity index (χ2n) is 17.7. The van der Waals surface area contributed by atoms with Crippen molar-refractivity contribution >= 4 is 11.9 Å². The van der Waals surface area contributed by atoms with Crippen molar-refractivity contribution in [1.82, 2.24) is 0 Å². The van der Waals surface area contributed by atoms with E-state index in [1.807, 2.05) is 30.3 Å². The van der Waals surface area contributed by atoms with Gasteiger partial charge in [-0.05, 0) is 64.7 Å². The predicted molar refractivity (Wildman–Crippen MR) is 257 cm³/mol. The number of quaternary nitrogens is 2. The molecule has 4 unspecified atom stereocenters. The van der Waals surface area contributed by atoms with Gasteiger partial charge in [0.25, 0.3) is 0 Å². The lowest BCUT2D eigenvalue weighted by molar-refractivity contribution is -0.941. The van der Waals surface area contributed by atoms with Crippen LogP contribution in [0.1, 0.15) is 58.3 Å². The summed E-state index contributed by atoms with van der Waals surface area (Å²) in [5.41, 5.74) is 6.78. The number of esters is 2. The first-order chi connectivity index (χ1) is 32.8. The van der Waals surface area contributed by atoms with Crippen LogP contribution in [0.3, 0.4) is 0 Å². The van der Waals surface area contributed by atoms with Gasteiger partial charge in [-0.2, -0.15) is 0 Å². The number of fused-ring (bicyclic) bond motifs is 2. The molecule has 0 bridgehead atoms. The maximum absolute atomic E-state index is 12.9. The number of benzene rings is 4. The van der Waals surface area contributed by atoms with Gasteiger partial charge in [-0.25, -0.2) is 9.59 Å². The molecule has 0 aliphatic carbocycles. The molecule has 4 aromatic rings. The lowest BCUT2D eigenvalue weighted by Crippen LogP contribution is -2.52. The second kappa shape index (κ2) is 23.1. The van der Waals surface area contributed by atoms with Crippen LogP contribution in [0.25, 0.3) is 0 Å². The van der Waals surface area contributed by atoms with Crippen molar-refractivity contribution in [3.05, 3.63) is 100 Å². The molecule has 0 N–H and O–H groups in total. The van der Waals surface area contributed by atoms with Gasteiger partial charge in [0.15, 0.2) is 46.0 Å². The van der Waals surface area contributed by atoms with E-state index in [1.54, 1.807) is 64.0 Å². The highest BCUT2D eigenvalue weighted by molar-refractivity contribution is 5.91. The Morgan fingerprint density at radius 2 is 0.926 bits per heavy atom. The number of likely N-dealkylation sites (N-methyl/N-ethyl adjacent to an activating group) is 2. The van der Waals surface area contributed by atoms with Crippen LogP contribution in [0, 0.1) is 0 Å². The summed E-state index contributed by atoms with van der Waals surface area (Å²) in [6, 6.07) is 18.2. The maximum atomic E-state index is 12.9. The van der Waals surface area contributed by atoms with Crippen molar-refractivity contribution in [3.8, 4) is 51.7 Å². The third-order valence-corrected chi connectivity index (χ3v) is 13.8. The first kappa shape index (κ1) is 51.1. The van der Waals surface area contributed by atoms with Crippen molar-refractivity contribution in [2.24, 2.45) is 0 Å². The third kappa shape index (κ3) is 11.3. The zero-order valence-electron chi connectivity index (χ0n) is 41.7. The molecule has 0 saturated carbocycles. The van der Waals surface area contributed by atoms with E-state index in [0.717, 1.165) is 73.3 Å². The van der Waals surface area contributed by atoms with E-state index in [4.69, 9.17) is 52.1 Å². The maximum Gasteiger partial charge on any atom is 0.331 e. The molecule has 15 heteroatoms. The largest absolute Gasteiger partial charge is 0.493 e. The minimum atomic E-state index is -0.607. The highest BCUT2D eigenvalue weighted by atomic mass is 16.5. The Balaban J connectivity index is 1.06. The van der Waals surface area contributed by atoms with Gasteiger partial charge in [0.1, 0.15) is 12.1 Å². The molecule has 2 aliphatic rings. The minimum absolute atomic E-state index is 0.0524. The Morgan fingerprint density at radius 1 is 0.500 bits per heavy atom. The molecule has 2 heterocycles. The van der Waals surface area contributed by atoms with Gasteiger partial charge in [0.2, 0.25) is 5.75 Å². The Kier molecular flexibility index (Phi) is 17.4. The van der Waals surface area contributed by atoms with E-state index in [-0.39, 0.29) is 25.3 Å². The van der Waals surface area contributed by atoms with Crippen molar-refractivity contribution in [2.45, 2.75) is 50.6 Å². The van der Waals surface area contributed by atoms with E-state index in [2.05, 4.69) is 38.4 Å². The van der Waals surface area contributed by atoms with Gasteiger partial charge in [0.05, 0.1) is 123 Å². The topological polar surface area (TPSA) is 136 Å². The van der Waals surface area contributed by atoms with E-state index in [0.29, 0.717) is 86.5 Å². The normalized spacial score (nSPS) is 19.5. The zero-order valence-corrected chi connectivity index (χ0v) is 41.7. The van der Waals surface area contributed by atoms with Gasteiger partial charge >= 0.3 is 11.9 Å². The van der Waals surface area contributed by atoms with Crippen LogP contribution in [0.5, 0.6) is 51.7 Å². The molecule has 2 aliphatic heterocycles. The number of ether oxygens (including phenoxy) is 11. The van der Waals surface area contributed by atoms with Gasteiger partial charge in [-0.1, -0.05) is 12.1 Å². The smallest absolute Gasteiger partial charge is 0.331 e. The molecule has 6 rings (SSSR count). The first-order valence-corrected chi connectivity index (χ1v) is 23.0. The highest BCUT2D eigenvalue weighted by Gasteiger charge is 2.43. The fourth-order valence-corrected chi connectivity index (χ4v) is 10.1. The Bertz CT molecular complexity index is 2420. The number of carbonyl (C=O) groups is 2. The summed E-state index contributed by atoms with van der Waals surface area (Å²) in [6.45, 7) is 3.53. The molecule has 0 radical (unpaired) electrons. The predicted octanol–water partition coefficient (Wildman–Crippen LogP) is 7.46. The molecule has 0 spiro atoms. The van der Waals surface area contributed by atoms with Gasteiger partial charge < -0.3 is 61.1 Å². The Morgan fingerprint density at radius 3 is 1.41 bits per heavy atom. The van der Waals surface area contributed by atoms with Crippen molar-refractivity contribution in [3.63, 3.8) is 0 Å². The number of carbonyl (C=O) groups excluding carboxylic acids is 2. The average molecular weight is 943 g/mol. The molecular formula is C53H70N2O13+2. The monoisotopic (exact) mass is 942 g/mol. The molecule has 0 saturated heterocycles. The van der Waals surface area contributed by atoms with E-state index in [9.17, 15) is 9.59 Å². The number of rotatable bonds is 23. The molecule has 0 aromatic heterocycles. The van der Waals surface area contributed by atoms with Crippen molar-refractivity contribution in [2.75, 3.05) is 117 Å². The third-order valence-electron chi connectivity index (χ3n) is 13.8. The summed E-state index contributed by atoms with van der Waals surface area (Å²) in [5, 5.41) is 0. The zero-order chi connectivity index (χ0) is 49.0. The van der Waals surface area contributed by atoms with Gasteiger partial charge in [-0.3, -0.25) is 0 Å². The van der Waals surface area contributed by atoms with Crippen LogP contribution in [0.4, 0.5) is 0 Å². The lowest BCUT2D eigenvalue weighted by atomic mass is 9.85. The number of hydrogen-bond donors (Lipinski definition) is 0. The summed E-state index contributed by atoms with van der Waals surface area (Å²) in [7, 11) is 19.2. The van der Waals surface area contributed by atoms with Gasteiger partial charge in [-0.15, -0.1) is 0 Å². The SMILES string of the molecule is COc1ccc(CC2c3cc(OC)c(OC)cc3CC[N+]2(C)CCCOC(=O)C=CC(=O)OCCC[N+]2(C)CCc3cc(OC)c(OC)c(OC)c3C2Cc2ccc(OC)c(OC)c2)cc1OC. The van der Waals surface area contributed by atoms with E-state index >= 15 is 0 Å². The van der Waals surface area contributed by atoms with Crippen LogP contribution >= 0.6 is 0 Å². The molecule has 68 heavy (non-hydrogen) atoms. The van der Waals surface area contributed by atoms with Crippen molar-refractivity contribution < 1.29 is 70.7 Å². The summed E-state index contributed by atoms with van der Waals surface area (Å²) in [6.07, 6.45) is 6.51. The van der Waals surface area contributed by atoms with Crippen molar-refractivity contribution in [1.29, 1.82) is 0 Å². The molecule has 0 amide bonds. The number of methoxy groups -OCH3 is 9. The standard InChI is InChI=1S/C53H70N2O13/c1-54(24-20-37-32-46(62-7)47(63-8)34-39(37)40(54)28-35-14-16-42(58-3)44(30-35)60-5)22-12-26-67-49(56)18-19-50(57)68-27-13-23-55(2)25-21-38-33-48(64-9)52(65-10)53(66-11)51(38)41(55)29-36-15-17-43(59-4)45(31-36)61-6/h14-19,30-34,40-41H,12-13,20-29H2,1-11H3/q+2. The minimum Gasteiger partial charge on any atom is -0.493 e. The van der Waals surface area contributed by atoms with Gasteiger partial charge in [0, 0.05) is 56.2 Å². The fraction of sp³-hybridized carbons (Fsp3) is 0.472. The Labute approximate surface area is 401 Å². The van der Waals surface area contributed by atoms with Crippen LogP contribution < -0.4 is 42.6 Å². The van der Waals surface area contributed by atoms with E-state index < -0.39 is 11.9 Å². The van der Waals surface area contributed by atoms with Crippen LogP contribution in [-0.4, -0.2) is 138 Å². The molecule has 4 aromatic carbocycles. The average Bonchev–Trinajstić information content (AvgIpc) is 3.36. The van der Waals surface area contributed by atoms with Crippen LogP contribution in [0.2, 0.25) is 0 Å². The molecule has 15 nitrogen and oxygen atoms in total. The highest BCUT2D eigenvalue weighted by Crippen LogP contribution is 2.51. The molecule has 0 fully saturated rings. The summed E-state index contributed by atoms with van der Waals surface area (Å²) in [5.74, 6) is 4.64. The Hall–Kier alpha value is -6.32. The molecule has 4 atom stereocenters. The van der Waals surface area contributed by atoms with Crippen LogP contribution in [0.15, 0.2) is 66.7 Å². The van der Waals surface area contributed by atoms with E-state index in [1.165, 1.54) is 11.1 Å². The number of hydrogen-bond acceptors (Lipinski definition) is 13. The first-order valence-electron chi connectivity index (χ1n) is 23.0. The number of nitrogens with zero attached hydrogens (tertiary/aromatic N) is 2. The summed E-state index contributed by atoms with van der Waals surface area (Å²) >= 11 is 0. The quantitative estimate of drug-likeness (QED) is 0.0316. The lowest BCUT2D eigenvalue weighted by Gasteiger charge is -2.46. The fourth-order valence-electron chi connectivity index (χ4n) is 10.1. The second-order valence-corrected chi connectivity index (χ2v) is 17.7. The molecular weight excluding hydrogens is 873 g/mol. The summed E-state index contributed by atoms with van der Waals surface area (Å²) < 4.78 is 63.9. The molecule has 368 valence electrons. The van der Waals surface area contributed by atoms with Crippen LogP contribution in [-0.2, 0) is 44.7 Å². The summed E-state index contributed by atoms with van der Waals surface area (Å²) in [4.78, 5) is 25.7.